The highest BCUT2D eigenvalue weighted by molar-refractivity contribution is 6.31. The Morgan fingerprint density at radius 2 is 2.00 bits per heavy atom. The number of amides is 1. The highest BCUT2D eigenvalue weighted by atomic mass is 35.5. The van der Waals surface area contributed by atoms with Gasteiger partial charge in [0.1, 0.15) is 5.82 Å². The zero-order valence-electron chi connectivity index (χ0n) is 18.1. The van der Waals surface area contributed by atoms with E-state index in [1.165, 1.54) is 29.5 Å². The molecule has 0 heterocycles. The van der Waals surface area contributed by atoms with Crippen LogP contribution in [0.3, 0.4) is 0 Å². The first-order valence-electron chi connectivity index (χ1n) is 10.2. The number of rotatable bonds is 8. The van der Waals surface area contributed by atoms with Gasteiger partial charge in [-0.3, -0.25) is 4.79 Å². The Labute approximate surface area is 195 Å². The van der Waals surface area contributed by atoms with Crippen LogP contribution in [0.2, 0.25) is 5.02 Å². The lowest BCUT2D eigenvalue weighted by atomic mass is 9.84. The Kier molecular flexibility index (Phi) is 9.22. The van der Waals surface area contributed by atoms with E-state index in [4.69, 9.17) is 23.1 Å². The zero-order valence-corrected chi connectivity index (χ0v) is 18.9. The average molecular weight is 483 g/mol. The molecule has 0 saturated heterocycles. The van der Waals surface area contributed by atoms with Crippen LogP contribution in [0.4, 0.5) is 13.2 Å². The van der Waals surface area contributed by atoms with Gasteiger partial charge >= 0.3 is 6.18 Å². The minimum Gasteiger partial charge on any atom is -0.405 e. The Hall–Kier alpha value is -3.14. The second-order valence-electron chi connectivity index (χ2n) is 7.48. The molecule has 0 aromatic heterocycles. The van der Waals surface area contributed by atoms with E-state index in [1.807, 2.05) is 0 Å². The van der Waals surface area contributed by atoms with Gasteiger partial charge in [0.2, 0.25) is 0 Å². The lowest BCUT2D eigenvalue weighted by Crippen LogP contribution is -2.46. The van der Waals surface area contributed by atoms with Crippen LogP contribution in [0, 0.1) is 5.92 Å². The number of amidine groups is 1. The van der Waals surface area contributed by atoms with Crippen LogP contribution in [0.5, 0.6) is 0 Å². The molecule has 1 fully saturated rings. The fourth-order valence-electron chi connectivity index (χ4n) is 3.20. The van der Waals surface area contributed by atoms with Gasteiger partial charge in [0.15, 0.2) is 5.84 Å². The second-order valence-corrected chi connectivity index (χ2v) is 7.92. The summed E-state index contributed by atoms with van der Waals surface area (Å²) in [7, 11) is 0. The maximum atomic E-state index is 13.4. The predicted octanol–water partition coefficient (Wildman–Crippen LogP) is 4.39. The van der Waals surface area contributed by atoms with E-state index < -0.39 is 23.7 Å². The number of carbonyl (C=O) groups excluding carboxylic acids is 1. The van der Waals surface area contributed by atoms with Crippen molar-refractivity contribution < 1.29 is 18.0 Å². The van der Waals surface area contributed by atoms with Crippen molar-refractivity contribution in [2.45, 2.75) is 38.4 Å². The molecule has 33 heavy (non-hydrogen) atoms. The number of halogens is 4. The van der Waals surface area contributed by atoms with Crippen molar-refractivity contribution in [3.63, 3.8) is 0 Å². The number of allylic oxidation sites excluding steroid dienone is 1. The second kappa shape index (κ2) is 11.6. The molecule has 1 aliphatic carbocycles. The van der Waals surface area contributed by atoms with Gasteiger partial charge in [-0.2, -0.15) is 13.2 Å². The summed E-state index contributed by atoms with van der Waals surface area (Å²) >= 11 is 5.89. The molecule has 1 aliphatic rings. The highest BCUT2D eigenvalue weighted by Crippen LogP contribution is 2.33. The molecule has 4 N–H and O–H groups in total. The molecule has 0 spiro atoms. The smallest absolute Gasteiger partial charge is 0.405 e. The molecule has 7 nitrogen and oxygen atoms in total. The molecule has 1 aromatic carbocycles. The minimum atomic E-state index is -4.64. The van der Waals surface area contributed by atoms with Gasteiger partial charge in [-0.25, -0.2) is 15.0 Å². The van der Waals surface area contributed by atoms with Crippen molar-refractivity contribution in [1.29, 1.82) is 0 Å². The van der Waals surface area contributed by atoms with Crippen LogP contribution < -0.4 is 11.5 Å². The normalized spacial score (nSPS) is 16.5. The molecule has 1 aromatic rings. The quantitative estimate of drug-likeness (QED) is 0.423. The lowest BCUT2D eigenvalue weighted by molar-refractivity contribution is -0.137. The Morgan fingerprint density at radius 3 is 2.55 bits per heavy atom. The number of carbonyl (C=O) groups is 1. The Balaban J connectivity index is 2.44. The predicted molar refractivity (Wildman–Crippen MR) is 125 cm³/mol. The van der Waals surface area contributed by atoms with Gasteiger partial charge in [0.25, 0.3) is 5.91 Å². The molecule has 0 bridgehead atoms. The standard InChI is InChI=1S/C22H26ClF3N6O/c1-14(20(30-13-28)31-15(2)29-8-4-7-27)32(12-16-5-3-6-16)21(33)17-9-18(22(24,25)26)11-19(23)10-17/h4,7-11,13-14,16H,2-3,5-6,12,27H2,1H3,(H2,28,30,31)/b7-4-,29-8?. The van der Waals surface area contributed by atoms with E-state index in [9.17, 15) is 18.0 Å². The summed E-state index contributed by atoms with van der Waals surface area (Å²) in [6, 6.07) is 2.05. The summed E-state index contributed by atoms with van der Waals surface area (Å²) in [6.07, 6.45) is 3.35. The number of aliphatic imine (C=N–C) groups is 3. The summed E-state index contributed by atoms with van der Waals surface area (Å²) in [6.45, 7) is 5.69. The molecule has 178 valence electrons. The summed E-state index contributed by atoms with van der Waals surface area (Å²) < 4.78 is 39.8. The number of benzene rings is 1. The van der Waals surface area contributed by atoms with Crippen molar-refractivity contribution in [3.05, 3.63) is 59.0 Å². The van der Waals surface area contributed by atoms with E-state index in [1.54, 1.807) is 6.92 Å². The van der Waals surface area contributed by atoms with Crippen LogP contribution in [0.15, 0.2) is 57.9 Å². The van der Waals surface area contributed by atoms with E-state index in [2.05, 4.69) is 21.6 Å². The van der Waals surface area contributed by atoms with Crippen LogP contribution in [0.1, 0.15) is 42.1 Å². The largest absolute Gasteiger partial charge is 0.416 e. The third-order valence-corrected chi connectivity index (χ3v) is 5.34. The zero-order chi connectivity index (χ0) is 24.6. The number of nitrogens with two attached hydrogens (primary N) is 2. The maximum absolute atomic E-state index is 13.4. The Morgan fingerprint density at radius 1 is 1.30 bits per heavy atom. The van der Waals surface area contributed by atoms with Crippen molar-refractivity contribution in [1.82, 2.24) is 4.90 Å². The highest BCUT2D eigenvalue weighted by Gasteiger charge is 2.34. The molecular weight excluding hydrogens is 457 g/mol. The Bertz CT molecular complexity index is 983. The SMILES string of the molecule is C=C(N=C/C=C\N)N=C(N=CN)C(C)N(CC1CCC1)C(=O)c1cc(Cl)cc(C(F)(F)F)c1. The monoisotopic (exact) mass is 482 g/mol. The van der Waals surface area contributed by atoms with Gasteiger partial charge in [-0.1, -0.05) is 24.6 Å². The van der Waals surface area contributed by atoms with Crippen LogP contribution in [-0.2, 0) is 6.18 Å². The topological polar surface area (TPSA) is 109 Å². The van der Waals surface area contributed by atoms with Crippen molar-refractivity contribution in [3.8, 4) is 0 Å². The molecule has 1 amide bonds. The number of hydrogen-bond donors (Lipinski definition) is 2. The summed E-state index contributed by atoms with van der Waals surface area (Å²) in [5, 5.41) is -0.186. The van der Waals surface area contributed by atoms with Gasteiger partial charge in [0, 0.05) is 23.3 Å². The molecule has 1 atom stereocenters. The van der Waals surface area contributed by atoms with E-state index >= 15 is 0 Å². The molecule has 2 rings (SSSR count). The number of hydrogen-bond acceptors (Lipinski definition) is 4. The first kappa shape index (κ1) is 26.1. The number of alkyl halides is 3. The van der Waals surface area contributed by atoms with E-state index in [-0.39, 0.29) is 28.2 Å². The molecule has 0 radical (unpaired) electrons. The fraction of sp³-hybridized carbons (Fsp3) is 0.364. The van der Waals surface area contributed by atoms with Crippen LogP contribution in [-0.4, -0.2) is 41.8 Å². The molecule has 11 heteroatoms. The molecule has 1 unspecified atom stereocenters. The minimum absolute atomic E-state index is 0.0821. The van der Waals surface area contributed by atoms with Gasteiger partial charge in [-0.05, 0) is 56.2 Å². The van der Waals surface area contributed by atoms with Gasteiger partial charge in [-0.15, -0.1) is 0 Å². The first-order valence-corrected chi connectivity index (χ1v) is 10.6. The third-order valence-electron chi connectivity index (χ3n) is 5.12. The van der Waals surface area contributed by atoms with Crippen LogP contribution >= 0.6 is 11.6 Å². The molecule has 1 saturated carbocycles. The summed E-state index contributed by atoms with van der Waals surface area (Å²) in [5.41, 5.74) is 9.54. The van der Waals surface area contributed by atoms with E-state index in [0.717, 1.165) is 37.7 Å². The van der Waals surface area contributed by atoms with Crippen molar-refractivity contribution in [2.75, 3.05) is 6.54 Å². The summed E-state index contributed by atoms with van der Waals surface area (Å²) in [4.78, 5) is 27.1. The number of nitrogens with zero attached hydrogens (tertiary/aromatic N) is 4. The fourth-order valence-corrected chi connectivity index (χ4v) is 3.43. The maximum Gasteiger partial charge on any atom is 0.416 e. The molecular formula is C22H26ClF3N6O. The first-order chi connectivity index (χ1) is 15.6. The van der Waals surface area contributed by atoms with Gasteiger partial charge in [0.05, 0.1) is 17.9 Å². The molecule has 0 aliphatic heterocycles. The van der Waals surface area contributed by atoms with Gasteiger partial charge < -0.3 is 16.4 Å². The van der Waals surface area contributed by atoms with Crippen molar-refractivity contribution in [2.24, 2.45) is 32.4 Å². The van der Waals surface area contributed by atoms with Crippen molar-refractivity contribution >= 4 is 35.9 Å². The average Bonchev–Trinajstić information content (AvgIpc) is 2.71. The van der Waals surface area contributed by atoms with Crippen LogP contribution in [0.25, 0.3) is 0 Å². The lowest BCUT2D eigenvalue weighted by Gasteiger charge is -2.36. The third kappa shape index (κ3) is 7.45. The van der Waals surface area contributed by atoms with E-state index in [0.29, 0.717) is 6.54 Å². The summed E-state index contributed by atoms with van der Waals surface area (Å²) in [5.74, 6) is -0.194.